The number of halogens is 1. The highest BCUT2D eigenvalue weighted by Crippen LogP contribution is 2.16. The monoisotopic (exact) mass is 327 g/mol. The summed E-state index contributed by atoms with van der Waals surface area (Å²) in [6.07, 6.45) is 4.59. The summed E-state index contributed by atoms with van der Waals surface area (Å²) in [5, 5.41) is 0. The molecule has 1 aliphatic heterocycles. The summed E-state index contributed by atoms with van der Waals surface area (Å²) >= 11 is 3.46. The standard InChI is InChI=1S/C13H22BrN5/c1-18-3-4-19(2)13(9-18)12(17-15)6-10-5-11(14)8-16-7-10/h5,7-8,12-13,17H,3-4,6,9,15H2,1-2H3. The number of nitrogens with one attached hydrogen (secondary N) is 1. The van der Waals surface area contributed by atoms with Crippen LogP contribution >= 0.6 is 15.9 Å². The van der Waals surface area contributed by atoms with E-state index in [0.717, 1.165) is 30.5 Å². The summed E-state index contributed by atoms with van der Waals surface area (Å²) in [6.45, 7) is 3.23. The molecule has 2 unspecified atom stereocenters. The maximum Gasteiger partial charge on any atom is 0.0419 e. The molecule has 1 aliphatic rings. The van der Waals surface area contributed by atoms with Crippen LogP contribution < -0.4 is 11.3 Å². The smallest absolute Gasteiger partial charge is 0.0419 e. The lowest BCUT2D eigenvalue weighted by molar-refractivity contribution is 0.0876. The minimum Gasteiger partial charge on any atom is -0.303 e. The zero-order valence-corrected chi connectivity index (χ0v) is 13.1. The Morgan fingerprint density at radius 3 is 2.95 bits per heavy atom. The van der Waals surface area contributed by atoms with Gasteiger partial charge in [0, 0.05) is 48.6 Å². The Hall–Kier alpha value is -0.530. The normalized spacial score (nSPS) is 23.5. The highest BCUT2D eigenvalue weighted by Gasteiger charge is 2.29. The third-order valence-electron chi connectivity index (χ3n) is 3.79. The van der Waals surface area contributed by atoms with Gasteiger partial charge in [-0.2, -0.15) is 0 Å². The minimum absolute atomic E-state index is 0.226. The van der Waals surface area contributed by atoms with Crippen molar-refractivity contribution >= 4 is 15.9 Å². The Labute approximate surface area is 123 Å². The topological polar surface area (TPSA) is 57.4 Å². The van der Waals surface area contributed by atoms with E-state index in [2.05, 4.69) is 56.3 Å². The van der Waals surface area contributed by atoms with Crippen molar-refractivity contribution < 1.29 is 0 Å². The number of rotatable bonds is 4. The lowest BCUT2D eigenvalue weighted by atomic mass is 9.98. The summed E-state index contributed by atoms with van der Waals surface area (Å²) in [6, 6.07) is 2.75. The Balaban J connectivity index is 2.06. The number of pyridine rings is 1. The molecule has 2 heterocycles. The van der Waals surface area contributed by atoms with Crippen molar-refractivity contribution in [2.24, 2.45) is 5.84 Å². The van der Waals surface area contributed by atoms with Crippen LogP contribution in [-0.4, -0.2) is 60.6 Å². The predicted octanol–water partition coefficient (Wildman–Crippen LogP) is 0.464. The van der Waals surface area contributed by atoms with Gasteiger partial charge >= 0.3 is 0 Å². The molecule has 0 aromatic carbocycles. The molecule has 5 nitrogen and oxygen atoms in total. The molecule has 106 valence electrons. The number of piperazine rings is 1. The van der Waals surface area contributed by atoms with Crippen molar-refractivity contribution in [3.05, 3.63) is 28.5 Å². The molecule has 19 heavy (non-hydrogen) atoms. The maximum atomic E-state index is 5.77. The third-order valence-corrected chi connectivity index (χ3v) is 4.23. The van der Waals surface area contributed by atoms with E-state index in [4.69, 9.17) is 5.84 Å². The van der Waals surface area contributed by atoms with Crippen LogP contribution in [-0.2, 0) is 6.42 Å². The molecule has 1 aromatic heterocycles. The molecular weight excluding hydrogens is 306 g/mol. The van der Waals surface area contributed by atoms with Gasteiger partial charge in [0.1, 0.15) is 0 Å². The molecule has 0 amide bonds. The van der Waals surface area contributed by atoms with Crippen LogP contribution in [0.25, 0.3) is 0 Å². The molecule has 0 radical (unpaired) electrons. The van der Waals surface area contributed by atoms with Gasteiger partial charge in [0.25, 0.3) is 0 Å². The minimum atomic E-state index is 0.226. The summed E-state index contributed by atoms with van der Waals surface area (Å²) in [5.74, 6) is 5.77. The first kappa shape index (κ1) is 14.9. The maximum absolute atomic E-state index is 5.77. The molecule has 6 heteroatoms. The predicted molar refractivity (Wildman–Crippen MR) is 80.7 cm³/mol. The van der Waals surface area contributed by atoms with Gasteiger partial charge in [-0.1, -0.05) is 0 Å². The molecule has 2 rings (SSSR count). The average Bonchev–Trinajstić information content (AvgIpc) is 2.39. The Kier molecular flexibility index (Phi) is 5.29. The fraction of sp³-hybridized carbons (Fsp3) is 0.615. The highest BCUT2D eigenvalue weighted by atomic mass is 79.9. The third kappa shape index (κ3) is 3.97. The van der Waals surface area contributed by atoms with Gasteiger partial charge in [-0.3, -0.25) is 21.2 Å². The average molecular weight is 328 g/mol. The van der Waals surface area contributed by atoms with Crippen LogP contribution in [0, 0.1) is 0 Å². The Morgan fingerprint density at radius 1 is 1.47 bits per heavy atom. The number of likely N-dealkylation sites (N-methyl/N-ethyl adjacent to an activating group) is 2. The summed E-state index contributed by atoms with van der Waals surface area (Å²) in [5.41, 5.74) is 4.17. The van der Waals surface area contributed by atoms with Crippen LogP contribution in [0.2, 0.25) is 0 Å². The number of hydrazine groups is 1. The second-order valence-corrected chi connectivity index (χ2v) is 6.21. The lowest BCUT2D eigenvalue weighted by Gasteiger charge is -2.41. The molecule has 0 spiro atoms. The molecule has 1 aromatic rings. The Morgan fingerprint density at radius 2 is 2.26 bits per heavy atom. The number of hydrogen-bond donors (Lipinski definition) is 2. The molecule has 0 bridgehead atoms. The first-order valence-corrected chi connectivity index (χ1v) is 7.34. The molecule has 3 N–H and O–H groups in total. The van der Waals surface area contributed by atoms with Crippen molar-refractivity contribution in [2.45, 2.75) is 18.5 Å². The molecule has 0 aliphatic carbocycles. The molecular formula is C13H22BrN5. The first-order chi connectivity index (χ1) is 9.10. The zero-order chi connectivity index (χ0) is 13.8. The van der Waals surface area contributed by atoms with E-state index in [-0.39, 0.29) is 6.04 Å². The Bertz CT molecular complexity index is 414. The fourth-order valence-electron chi connectivity index (χ4n) is 2.61. The van der Waals surface area contributed by atoms with Crippen molar-refractivity contribution in [1.29, 1.82) is 0 Å². The van der Waals surface area contributed by atoms with Crippen LogP contribution in [0.1, 0.15) is 5.56 Å². The van der Waals surface area contributed by atoms with E-state index in [9.17, 15) is 0 Å². The molecule has 1 fully saturated rings. The van der Waals surface area contributed by atoms with Crippen LogP contribution in [0.4, 0.5) is 0 Å². The van der Waals surface area contributed by atoms with E-state index in [1.165, 1.54) is 5.56 Å². The van der Waals surface area contributed by atoms with Crippen LogP contribution in [0.15, 0.2) is 22.9 Å². The number of nitrogens with zero attached hydrogens (tertiary/aromatic N) is 3. The number of nitrogens with two attached hydrogens (primary N) is 1. The van der Waals surface area contributed by atoms with E-state index < -0.39 is 0 Å². The quantitative estimate of drug-likeness (QED) is 0.621. The number of aromatic nitrogens is 1. The lowest BCUT2D eigenvalue weighted by Crippen LogP contribution is -2.60. The zero-order valence-electron chi connectivity index (χ0n) is 11.5. The second-order valence-electron chi connectivity index (χ2n) is 5.30. The van der Waals surface area contributed by atoms with E-state index in [1.54, 1.807) is 6.20 Å². The van der Waals surface area contributed by atoms with E-state index >= 15 is 0 Å². The van der Waals surface area contributed by atoms with Gasteiger partial charge in [0.05, 0.1) is 0 Å². The van der Waals surface area contributed by atoms with Gasteiger partial charge in [0.15, 0.2) is 0 Å². The summed E-state index contributed by atoms with van der Waals surface area (Å²) < 4.78 is 1.01. The van der Waals surface area contributed by atoms with Crippen LogP contribution in [0.3, 0.4) is 0 Å². The largest absolute Gasteiger partial charge is 0.303 e. The molecule has 0 saturated carbocycles. The van der Waals surface area contributed by atoms with Crippen LogP contribution in [0.5, 0.6) is 0 Å². The van der Waals surface area contributed by atoms with Crippen molar-refractivity contribution in [2.75, 3.05) is 33.7 Å². The van der Waals surface area contributed by atoms with Gasteiger partial charge in [0.2, 0.25) is 0 Å². The summed E-state index contributed by atoms with van der Waals surface area (Å²) in [4.78, 5) is 8.95. The SMILES string of the molecule is CN1CCN(C)C(C(Cc2cncc(Br)c2)NN)C1. The van der Waals surface area contributed by atoms with Gasteiger partial charge in [-0.25, -0.2) is 0 Å². The van der Waals surface area contributed by atoms with Crippen molar-refractivity contribution in [1.82, 2.24) is 20.2 Å². The van der Waals surface area contributed by atoms with E-state index in [0.29, 0.717) is 6.04 Å². The van der Waals surface area contributed by atoms with Gasteiger partial charge < -0.3 is 4.90 Å². The second kappa shape index (κ2) is 6.76. The highest BCUT2D eigenvalue weighted by molar-refractivity contribution is 9.10. The van der Waals surface area contributed by atoms with Gasteiger partial charge in [-0.15, -0.1) is 0 Å². The summed E-state index contributed by atoms with van der Waals surface area (Å²) in [7, 11) is 4.33. The van der Waals surface area contributed by atoms with Gasteiger partial charge in [-0.05, 0) is 48.1 Å². The van der Waals surface area contributed by atoms with E-state index in [1.807, 2.05) is 6.20 Å². The molecule has 2 atom stereocenters. The molecule has 1 saturated heterocycles. The number of hydrogen-bond acceptors (Lipinski definition) is 5. The van der Waals surface area contributed by atoms with Crippen molar-refractivity contribution in [3.63, 3.8) is 0 Å². The fourth-order valence-corrected chi connectivity index (χ4v) is 3.02. The first-order valence-electron chi connectivity index (χ1n) is 6.54. The van der Waals surface area contributed by atoms with Crippen molar-refractivity contribution in [3.8, 4) is 0 Å².